The highest BCUT2D eigenvalue weighted by molar-refractivity contribution is 6.08. The number of anilines is 1. The molecule has 5 aliphatic rings. The summed E-state index contributed by atoms with van der Waals surface area (Å²) in [5.74, 6) is -4.22. The smallest absolute Gasteiger partial charge is 0.295 e. The van der Waals surface area contributed by atoms with Gasteiger partial charge < -0.3 is 0 Å². The fraction of sp³-hybridized carbons (Fsp3) is 0.455. The molecule has 4 aliphatic carbocycles. The summed E-state index contributed by atoms with van der Waals surface area (Å²) < 4.78 is 40.0. The fourth-order valence-corrected chi connectivity index (χ4v) is 5.61. The highest BCUT2D eigenvalue weighted by atomic mass is 19.4. The maximum atomic E-state index is 13.3. The Morgan fingerprint density at radius 1 is 1.06 bits per heavy atom. The van der Waals surface area contributed by atoms with Gasteiger partial charge in [0.1, 0.15) is 6.67 Å². The Balaban J connectivity index is 1.48. The number of hydrogen-bond donors (Lipinski definition) is 0. The normalized spacial score (nSPS) is 32.7. The van der Waals surface area contributed by atoms with E-state index in [0.29, 0.717) is 16.7 Å². The molecule has 1 aliphatic heterocycles. The Hall–Kier alpha value is -2.97. The van der Waals surface area contributed by atoms with Gasteiger partial charge in [0.15, 0.2) is 5.78 Å². The number of nitrogens with zero attached hydrogens (tertiary/aromatic N) is 2. The van der Waals surface area contributed by atoms with Crippen LogP contribution in [0.15, 0.2) is 36.4 Å². The predicted octanol–water partition coefficient (Wildman–Crippen LogP) is 2.80. The second kappa shape index (κ2) is 6.51. The number of Topliss-reactive ketones (excluding diaryl/α,β-unsaturated/α-hetero) is 1. The Labute approximate surface area is 175 Å². The lowest BCUT2D eigenvalue weighted by atomic mass is 9.63. The van der Waals surface area contributed by atoms with E-state index in [-0.39, 0.29) is 28.9 Å². The van der Waals surface area contributed by atoms with Crippen molar-refractivity contribution in [1.29, 1.82) is 0 Å². The van der Waals surface area contributed by atoms with Crippen LogP contribution in [0.5, 0.6) is 0 Å². The minimum Gasteiger partial charge on any atom is -0.295 e. The lowest BCUT2D eigenvalue weighted by molar-refractivity contribution is -0.171. The first kappa shape index (κ1) is 20.0. The zero-order chi connectivity index (χ0) is 22.2. The van der Waals surface area contributed by atoms with E-state index in [1.54, 1.807) is 0 Å². The first-order valence-electron chi connectivity index (χ1n) is 10.1. The van der Waals surface area contributed by atoms with Crippen molar-refractivity contribution in [3.63, 3.8) is 0 Å². The number of rotatable bonds is 4. The number of amides is 3. The summed E-state index contributed by atoms with van der Waals surface area (Å²) in [5.41, 5.74) is -0.0815. The highest BCUT2D eigenvalue weighted by Gasteiger charge is 2.67. The van der Waals surface area contributed by atoms with Gasteiger partial charge in [-0.1, -0.05) is 24.3 Å². The van der Waals surface area contributed by atoms with Gasteiger partial charge in [0.05, 0.1) is 11.8 Å². The molecule has 3 fully saturated rings. The minimum atomic E-state index is -5.22. The summed E-state index contributed by atoms with van der Waals surface area (Å²) in [5, 5.41) is 0. The maximum Gasteiger partial charge on any atom is 0.471 e. The molecule has 6 rings (SSSR count). The average molecular weight is 432 g/mol. The molecule has 9 heteroatoms. The molecule has 3 amide bonds. The Morgan fingerprint density at radius 3 is 2.16 bits per heavy atom. The van der Waals surface area contributed by atoms with E-state index >= 15 is 0 Å². The predicted molar refractivity (Wildman–Crippen MR) is 101 cm³/mol. The van der Waals surface area contributed by atoms with Crippen LogP contribution < -0.4 is 4.90 Å². The molecule has 1 heterocycles. The van der Waals surface area contributed by atoms with Crippen molar-refractivity contribution in [1.82, 2.24) is 4.90 Å². The van der Waals surface area contributed by atoms with Gasteiger partial charge in [0.25, 0.3) is 0 Å². The van der Waals surface area contributed by atoms with Gasteiger partial charge in [0, 0.05) is 11.3 Å². The Bertz CT molecular complexity index is 1010. The summed E-state index contributed by atoms with van der Waals surface area (Å²) in [4.78, 5) is 51.3. The molecule has 2 bridgehead atoms. The summed E-state index contributed by atoms with van der Waals surface area (Å²) in [6, 6.07) is 5.17. The topological polar surface area (TPSA) is 74.8 Å². The number of likely N-dealkylation sites (tertiary alicyclic amines) is 1. The molecule has 162 valence electrons. The summed E-state index contributed by atoms with van der Waals surface area (Å²) in [6.45, 7) is 0.417. The van der Waals surface area contributed by atoms with Crippen LogP contribution in [0.3, 0.4) is 0 Å². The molecule has 6 atom stereocenters. The second-order valence-electron chi connectivity index (χ2n) is 8.74. The monoisotopic (exact) mass is 432 g/mol. The Morgan fingerprint density at radius 2 is 1.65 bits per heavy atom. The van der Waals surface area contributed by atoms with Gasteiger partial charge in [-0.25, -0.2) is 0 Å². The zero-order valence-electron chi connectivity index (χ0n) is 16.5. The number of hydrogen-bond acceptors (Lipinski definition) is 4. The van der Waals surface area contributed by atoms with Crippen LogP contribution in [0.4, 0.5) is 18.9 Å². The molecule has 0 spiro atoms. The SMILES string of the molecule is CC(=O)c1cccc(N(CN2C(=O)[C@H]3[C@@H]4C=C[C@H]([C@@H]5C[C@H]45)[C@@H]3C2=O)C(=O)C(F)(F)F)c1. The van der Waals surface area contributed by atoms with Crippen LogP contribution >= 0.6 is 0 Å². The fourth-order valence-electron chi connectivity index (χ4n) is 5.61. The number of benzene rings is 1. The van der Waals surface area contributed by atoms with Gasteiger partial charge in [-0.3, -0.25) is 29.0 Å². The Kier molecular flexibility index (Phi) is 4.19. The van der Waals surface area contributed by atoms with Crippen molar-refractivity contribution < 1.29 is 32.3 Å². The number of halogens is 3. The van der Waals surface area contributed by atoms with Crippen molar-refractivity contribution in [3.8, 4) is 0 Å². The molecule has 31 heavy (non-hydrogen) atoms. The van der Waals surface area contributed by atoms with E-state index in [0.717, 1.165) is 17.4 Å². The van der Waals surface area contributed by atoms with Crippen molar-refractivity contribution in [3.05, 3.63) is 42.0 Å². The third-order valence-corrected chi connectivity index (χ3v) is 7.09. The number of carbonyl (C=O) groups excluding carboxylic acids is 4. The van der Waals surface area contributed by atoms with Crippen LogP contribution in [0, 0.1) is 35.5 Å². The van der Waals surface area contributed by atoms with Gasteiger partial charge >= 0.3 is 12.1 Å². The second-order valence-corrected chi connectivity index (χ2v) is 8.74. The molecule has 0 radical (unpaired) electrons. The number of carbonyl (C=O) groups is 4. The molecule has 0 aromatic heterocycles. The average Bonchev–Trinajstić information content (AvgIpc) is 3.51. The lowest BCUT2D eigenvalue weighted by Crippen LogP contribution is -2.49. The van der Waals surface area contributed by atoms with Gasteiger partial charge in [-0.05, 0) is 49.1 Å². The van der Waals surface area contributed by atoms with Crippen molar-refractivity contribution in [2.24, 2.45) is 35.5 Å². The lowest BCUT2D eigenvalue weighted by Gasteiger charge is -2.37. The molecule has 6 nitrogen and oxygen atoms in total. The van der Waals surface area contributed by atoms with Crippen molar-refractivity contribution in [2.45, 2.75) is 19.5 Å². The molecule has 1 saturated heterocycles. The molecule has 0 unspecified atom stereocenters. The number of imide groups is 1. The molecule has 0 N–H and O–H groups in total. The third-order valence-electron chi connectivity index (χ3n) is 7.09. The van der Waals surface area contributed by atoms with Gasteiger partial charge in [-0.2, -0.15) is 13.2 Å². The van der Waals surface area contributed by atoms with Crippen molar-refractivity contribution in [2.75, 3.05) is 11.6 Å². The summed E-state index contributed by atoms with van der Waals surface area (Å²) in [6.07, 6.45) is -0.327. The van der Waals surface area contributed by atoms with Gasteiger partial charge in [-0.15, -0.1) is 0 Å². The van der Waals surface area contributed by atoms with Crippen LogP contribution in [0.2, 0.25) is 0 Å². The van der Waals surface area contributed by atoms with Crippen LogP contribution in [0.25, 0.3) is 0 Å². The van der Waals surface area contributed by atoms with Crippen LogP contribution in [0.1, 0.15) is 23.7 Å². The quantitative estimate of drug-likeness (QED) is 0.417. The third kappa shape index (κ3) is 2.93. The van der Waals surface area contributed by atoms with E-state index in [2.05, 4.69) is 0 Å². The minimum absolute atomic E-state index is 0.0748. The molecular weight excluding hydrogens is 413 g/mol. The number of ketones is 1. The summed E-state index contributed by atoms with van der Waals surface area (Å²) in [7, 11) is 0. The molecule has 1 aromatic carbocycles. The molecular formula is C22H19F3N2O4. The van der Waals surface area contributed by atoms with E-state index in [4.69, 9.17) is 0 Å². The van der Waals surface area contributed by atoms with Gasteiger partial charge in [0.2, 0.25) is 11.8 Å². The van der Waals surface area contributed by atoms with E-state index in [9.17, 15) is 32.3 Å². The van der Waals surface area contributed by atoms with E-state index < -0.39 is 42.4 Å². The summed E-state index contributed by atoms with van der Waals surface area (Å²) >= 11 is 0. The maximum absolute atomic E-state index is 13.3. The van der Waals surface area contributed by atoms with Crippen LogP contribution in [-0.4, -0.2) is 41.2 Å². The number of allylic oxidation sites excluding steroid dienone is 2. The first-order chi connectivity index (χ1) is 14.6. The largest absolute Gasteiger partial charge is 0.471 e. The zero-order valence-corrected chi connectivity index (χ0v) is 16.5. The van der Waals surface area contributed by atoms with E-state index in [1.165, 1.54) is 25.1 Å². The number of alkyl halides is 3. The van der Waals surface area contributed by atoms with Crippen molar-refractivity contribution >= 4 is 29.2 Å². The molecule has 2 saturated carbocycles. The van der Waals surface area contributed by atoms with E-state index in [1.807, 2.05) is 12.2 Å². The highest BCUT2D eigenvalue weighted by Crippen LogP contribution is 2.65. The molecule has 1 aromatic rings. The standard InChI is InChI=1S/C22H19F3N2O4/c1-10(28)11-3-2-4-12(7-11)26(21(31)22(23,24)25)9-27-19(29)17-13-5-6-14(16-8-15(13)16)18(17)20(27)30/h2-7,13-18H,8-9H2,1H3/t13-,14-,15-,16+,17+,18+/m1/s1. The van der Waals surface area contributed by atoms with Crippen LogP contribution in [-0.2, 0) is 14.4 Å². The first-order valence-corrected chi connectivity index (χ1v) is 10.1.